The lowest BCUT2D eigenvalue weighted by Crippen LogP contribution is -2.37. The number of nitrogens with one attached hydrogen (secondary N) is 1. The van der Waals surface area contributed by atoms with Crippen LogP contribution in [0, 0.1) is 19.8 Å². The summed E-state index contributed by atoms with van der Waals surface area (Å²) in [4.78, 5) is 46.4. The molecular formula is C33H36N6O4. The second kappa shape index (κ2) is 10.9. The van der Waals surface area contributed by atoms with Crippen molar-refractivity contribution < 1.29 is 14.7 Å². The molecule has 0 radical (unpaired) electrons. The molecule has 1 fully saturated rings. The molecule has 1 saturated carbocycles. The summed E-state index contributed by atoms with van der Waals surface area (Å²) in [5.41, 5.74) is 3.79. The molecule has 0 unspecified atom stereocenters. The Balaban J connectivity index is 1.41. The second-order valence-corrected chi connectivity index (χ2v) is 12.1. The first-order chi connectivity index (χ1) is 20.5. The van der Waals surface area contributed by atoms with E-state index in [4.69, 9.17) is 4.98 Å². The standard InChI is InChI=1S/C33H36N6O4/c1-20-5-13-26(14-6-20)34-27(40)19-38-21(2)28(22-15-17-37(18-16-22)30(41)24-7-8-24)31(42)39-32(38)35-29(36-39)23-9-11-25(12-10-23)33(3,4)43/h5-6,9-15,24,43H,7-8,16-19H2,1-4H3,(H,34,40). The first kappa shape index (κ1) is 28.5. The highest BCUT2D eigenvalue weighted by Gasteiger charge is 2.34. The lowest BCUT2D eigenvalue weighted by Gasteiger charge is -2.27. The number of hydrogen-bond donors (Lipinski definition) is 2. The SMILES string of the molecule is Cc1ccc(NC(=O)Cn2c(C)c(C3=CCN(C(=O)C4CC4)CC3)c(=O)n3nc(-c4ccc(C(C)(C)O)cc4)nc23)cc1. The van der Waals surface area contributed by atoms with E-state index in [-0.39, 0.29) is 35.6 Å². The third kappa shape index (κ3) is 5.75. The van der Waals surface area contributed by atoms with Crippen molar-refractivity contribution >= 4 is 28.9 Å². The summed E-state index contributed by atoms with van der Waals surface area (Å²) < 4.78 is 2.99. The molecule has 10 nitrogen and oxygen atoms in total. The molecule has 1 aliphatic heterocycles. The van der Waals surface area contributed by atoms with E-state index in [1.54, 1.807) is 30.5 Å². The topological polar surface area (TPSA) is 122 Å². The number of aryl methyl sites for hydroxylation is 1. The number of aromatic nitrogens is 4. The number of hydrogen-bond acceptors (Lipinski definition) is 6. The van der Waals surface area contributed by atoms with Crippen molar-refractivity contribution in [2.24, 2.45) is 5.92 Å². The quantitative estimate of drug-likeness (QED) is 0.340. The highest BCUT2D eigenvalue weighted by molar-refractivity contribution is 5.91. The largest absolute Gasteiger partial charge is 0.386 e. The van der Waals surface area contributed by atoms with Gasteiger partial charge in [0.05, 0.1) is 11.2 Å². The van der Waals surface area contributed by atoms with E-state index in [0.717, 1.165) is 29.5 Å². The van der Waals surface area contributed by atoms with Crippen LogP contribution in [0.3, 0.4) is 0 Å². The highest BCUT2D eigenvalue weighted by atomic mass is 16.3. The number of carbonyl (C=O) groups excluding carboxylic acids is 2. The molecule has 0 atom stereocenters. The Kier molecular flexibility index (Phi) is 7.25. The molecule has 43 heavy (non-hydrogen) atoms. The van der Waals surface area contributed by atoms with Crippen LogP contribution in [-0.2, 0) is 21.7 Å². The predicted octanol–water partition coefficient (Wildman–Crippen LogP) is 4.07. The van der Waals surface area contributed by atoms with Gasteiger partial charge in [-0.25, -0.2) is 0 Å². The molecule has 0 saturated heterocycles. The molecule has 0 spiro atoms. The van der Waals surface area contributed by atoms with Crippen molar-refractivity contribution in [3.63, 3.8) is 0 Å². The van der Waals surface area contributed by atoms with Gasteiger partial charge in [-0.1, -0.05) is 48.0 Å². The first-order valence-electron chi connectivity index (χ1n) is 14.7. The van der Waals surface area contributed by atoms with E-state index in [2.05, 4.69) is 10.4 Å². The van der Waals surface area contributed by atoms with Crippen LogP contribution in [0.25, 0.3) is 22.7 Å². The van der Waals surface area contributed by atoms with Crippen molar-refractivity contribution in [3.05, 3.63) is 87.3 Å². The van der Waals surface area contributed by atoms with Crippen LogP contribution in [0.15, 0.2) is 59.4 Å². The molecule has 1 aliphatic carbocycles. The third-order valence-corrected chi connectivity index (χ3v) is 8.26. The monoisotopic (exact) mass is 580 g/mol. The number of amides is 2. The maximum absolute atomic E-state index is 14.0. The van der Waals surface area contributed by atoms with Gasteiger partial charge in [0.2, 0.25) is 17.6 Å². The molecule has 6 rings (SSSR count). The lowest BCUT2D eigenvalue weighted by atomic mass is 9.97. The molecule has 2 aromatic carbocycles. The Hall–Kier alpha value is -4.57. The van der Waals surface area contributed by atoms with Crippen LogP contribution in [0.2, 0.25) is 0 Å². The second-order valence-electron chi connectivity index (χ2n) is 12.1. The molecule has 2 aliphatic rings. The Labute approximate surface area is 249 Å². The van der Waals surface area contributed by atoms with Crippen LogP contribution < -0.4 is 10.9 Å². The van der Waals surface area contributed by atoms with Crippen molar-refractivity contribution in [2.75, 3.05) is 18.4 Å². The molecule has 222 valence electrons. The van der Waals surface area contributed by atoms with Crippen LogP contribution in [-0.4, -0.2) is 54.1 Å². The predicted molar refractivity (Wildman–Crippen MR) is 164 cm³/mol. The molecule has 4 aromatic rings. The number of benzene rings is 2. The number of nitrogens with zero attached hydrogens (tertiary/aromatic N) is 5. The Morgan fingerprint density at radius 1 is 1.05 bits per heavy atom. The zero-order valence-electron chi connectivity index (χ0n) is 24.9. The van der Waals surface area contributed by atoms with Gasteiger partial charge in [0, 0.05) is 36.0 Å². The normalized spacial score (nSPS) is 15.5. The van der Waals surface area contributed by atoms with Gasteiger partial charge in [-0.15, -0.1) is 5.10 Å². The van der Waals surface area contributed by atoms with Crippen molar-refractivity contribution in [2.45, 2.75) is 59.1 Å². The van der Waals surface area contributed by atoms with Crippen LogP contribution in [0.1, 0.15) is 55.5 Å². The number of anilines is 1. The molecule has 10 heteroatoms. The zero-order valence-corrected chi connectivity index (χ0v) is 24.9. The fourth-order valence-corrected chi connectivity index (χ4v) is 5.53. The third-order valence-electron chi connectivity index (χ3n) is 8.26. The van der Waals surface area contributed by atoms with Crippen LogP contribution in [0.4, 0.5) is 5.69 Å². The summed E-state index contributed by atoms with van der Waals surface area (Å²) >= 11 is 0. The average molecular weight is 581 g/mol. The Bertz CT molecular complexity index is 1810. The molecule has 3 heterocycles. The van der Waals surface area contributed by atoms with Gasteiger partial charge in [0.25, 0.3) is 5.56 Å². The van der Waals surface area contributed by atoms with E-state index in [9.17, 15) is 19.5 Å². The summed E-state index contributed by atoms with van der Waals surface area (Å²) in [6, 6.07) is 14.8. The number of aliphatic hydroxyl groups is 1. The summed E-state index contributed by atoms with van der Waals surface area (Å²) in [6.07, 6.45) is 4.39. The maximum Gasteiger partial charge on any atom is 0.283 e. The van der Waals surface area contributed by atoms with Crippen LogP contribution >= 0.6 is 0 Å². The van der Waals surface area contributed by atoms with Gasteiger partial charge in [0.15, 0.2) is 5.82 Å². The van der Waals surface area contributed by atoms with E-state index in [0.29, 0.717) is 47.8 Å². The molecule has 0 bridgehead atoms. The fourth-order valence-electron chi connectivity index (χ4n) is 5.53. The number of carbonyl (C=O) groups is 2. The maximum atomic E-state index is 14.0. The van der Waals surface area contributed by atoms with Gasteiger partial charge in [0.1, 0.15) is 6.54 Å². The van der Waals surface area contributed by atoms with Gasteiger partial charge < -0.3 is 19.9 Å². The lowest BCUT2D eigenvalue weighted by molar-refractivity contribution is -0.132. The summed E-state index contributed by atoms with van der Waals surface area (Å²) in [5, 5.41) is 17.9. The van der Waals surface area contributed by atoms with Gasteiger partial charge in [-0.05, 0) is 70.2 Å². The van der Waals surface area contributed by atoms with E-state index >= 15 is 0 Å². The Morgan fingerprint density at radius 3 is 2.35 bits per heavy atom. The van der Waals surface area contributed by atoms with Crippen molar-refractivity contribution in [1.29, 1.82) is 0 Å². The first-order valence-corrected chi connectivity index (χ1v) is 14.7. The van der Waals surface area contributed by atoms with Crippen molar-refractivity contribution in [3.8, 4) is 11.4 Å². The summed E-state index contributed by atoms with van der Waals surface area (Å²) in [7, 11) is 0. The highest BCUT2D eigenvalue weighted by Crippen LogP contribution is 2.33. The molecule has 2 aromatic heterocycles. The van der Waals surface area contributed by atoms with E-state index in [1.165, 1.54) is 4.52 Å². The summed E-state index contributed by atoms with van der Waals surface area (Å²) in [5.74, 6) is 0.658. The van der Waals surface area contributed by atoms with Gasteiger partial charge in [-0.2, -0.15) is 9.50 Å². The minimum Gasteiger partial charge on any atom is -0.386 e. The zero-order chi connectivity index (χ0) is 30.5. The minimum absolute atomic E-state index is 0.0775. The fraction of sp³-hybridized carbons (Fsp3) is 0.364. The number of fused-ring (bicyclic) bond motifs is 1. The van der Waals surface area contributed by atoms with E-state index in [1.807, 2.05) is 61.2 Å². The van der Waals surface area contributed by atoms with Crippen molar-refractivity contribution in [1.82, 2.24) is 24.1 Å². The van der Waals surface area contributed by atoms with Gasteiger partial charge in [-0.3, -0.25) is 14.4 Å². The Morgan fingerprint density at radius 2 is 1.74 bits per heavy atom. The molecule has 2 amide bonds. The van der Waals surface area contributed by atoms with Crippen LogP contribution in [0.5, 0.6) is 0 Å². The van der Waals surface area contributed by atoms with Gasteiger partial charge >= 0.3 is 0 Å². The summed E-state index contributed by atoms with van der Waals surface area (Å²) in [6.45, 7) is 8.15. The average Bonchev–Trinajstić information content (AvgIpc) is 3.74. The van der Waals surface area contributed by atoms with E-state index < -0.39 is 5.60 Å². The molecule has 2 N–H and O–H groups in total. The smallest absolute Gasteiger partial charge is 0.283 e. The molecular weight excluding hydrogens is 544 g/mol. The minimum atomic E-state index is -1.00. The number of rotatable bonds is 7.